The van der Waals surface area contributed by atoms with Gasteiger partial charge in [0.25, 0.3) is 0 Å². The summed E-state index contributed by atoms with van der Waals surface area (Å²) in [5, 5.41) is 3.01. The maximum absolute atomic E-state index is 12.0. The number of anilines is 1. The molecule has 1 N–H and O–H groups in total. The highest BCUT2D eigenvalue weighted by Gasteiger charge is 2.36. The van der Waals surface area contributed by atoms with E-state index in [9.17, 15) is 4.79 Å². The smallest absolute Gasteiger partial charge is 0.232 e. The molecule has 0 aliphatic carbocycles. The van der Waals surface area contributed by atoms with Crippen molar-refractivity contribution in [1.82, 2.24) is 0 Å². The molecule has 0 aromatic heterocycles. The van der Waals surface area contributed by atoms with E-state index in [2.05, 4.69) is 32.2 Å². The fourth-order valence-corrected chi connectivity index (χ4v) is 2.37. The Morgan fingerprint density at radius 2 is 1.94 bits per heavy atom. The number of hydrogen-bond acceptors (Lipinski definition) is 1. The summed E-state index contributed by atoms with van der Waals surface area (Å²) in [4.78, 5) is 12.0. The summed E-state index contributed by atoms with van der Waals surface area (Å²) < 4.78 is 0. The van der Waals surface area contributed by atoms with Gasteiger partial charge in [-0.05, 0) is 29.9 Å². The molecule has 0 fully saturated rings. The van der Waals surface area contributed by atoms with Crippen LogP contribution in [0.3, 0.4) is 0 Å². The van der Waals surface area contributed by atoms with Crippen LogP contribution in [-0.2, 0) is 4.79 Å². The van der Waals surface area contributed by atoms with Gasteiger partial charge in [-0.25, -0.2) is 0 Å². The molecule has 2 heteroatoms. The Kier molecular flexibility index (Phi) is 2.75. The first-order valence-corrected chi connectivity index (χ1v) is 5.92. The number of amides is 1. The van der Waals surface area contributed by atoms with Crippen LogP contribution in [-0.4, -0.2) is 5.91 Å². The highest BCUT2D eigenvalue weighted by Crippen LogP contribution is 2.41. The van der Waals surface area contributed by atoms with Gasteiger partial charge >= 0.3 is 0 Å². The van der Waals surface area contributed by atoms with Crippen LogP contribution >= 0.6 is 0 Å². The summed E-state index contributed by atoms with van der Waals surface area (Å²) in [5.41, 5.74) is 3.36. The Bertz CT molecular complexity index is 423. The molecular weight excluding hydrogens is 198 g/mol. The number of nitrogens with one attached hydrogen (secondary N) is 1. The minimum atomic E-state index is 0.0231. The summed E-state index contributed by atoms with van der Waals surface area (Å²) in [6.07, 6.45) is 0. The molecule has 1 aromatic carbocycles. The standard InChI is InChI=1S/C14H19NO/c1-8(2)10(4)12-11-7-5-6-9(3)13(11)15-14(12)16/h5-8,10,12H,1-4H3,(H,15,16). The van der Waals surface area contributed by atoms with Crippen molar-refractivity contribution in [3.63, 3.8) is 0 Å². The molecular formula is C14H19NO. The predicted octanol–water partition coefficient (Wildman–Crippen LogP) is 3.32. The Labute approximate surface area is 97.1 Å². The van der Waals surface area contributed by atoms with Gasteiger partial charge in [-0.3, -0.25) is 4.79 Å². The van der Waals surface area contributed by atoms with Crippen molar-refractivity contribution < 1.29 is 4.79 Å². The number of benzene rings is 1. The van der Waals surface area contributed by atoms with Gasteiger partial charge in [-0.15, -0.1) is 0 Å². The highest BCUT2D eigenvalue weighted by molar-refractivity contribution is 6.03. The first-order valence-electron chi connectivity index (χ1n) is 5.92. The predicted molar refractivity (Wildman–Crippen MR) is 66.6 cm³/mol. The minimum absolute atomic E-state index is 0.0231. The largest absolute Gasteiger partial charge is 0.325 e. The molecule has 2 nitrogen and oxygen atoms in total. The molecule has 1 heterocycles. The molecule has 86 valence electrons. The lowest BCUT2D eigenvalue weighted by molar-refractivity contribution is -0.118. The third-order valence-electron chi connectivity index (χ3n) is 3.75. The van der Waals surface area contributed by atoms with Gasteiger partial charge in [0.2, 0.25) is 5.91 Å². The molecule has 1 aliphatic heterocycles. The van der Waals surface area contributed by atoms with Crippen molar-refractivity contribution in [3.05, 3.63) is 29.3 Å². The SMILES string of the molecule is Cc1cccc2c1NC(=O)C2C(C)C(C)C. The minimum Gasteiger partial charge on any atom is -0.325 e. The quantitative estimate of drug-likeness (QED) is 0.809. The lowest BCUT2D eigenvalue weighted by atomic mass is 9.81. The van der Waals surface area contributed by atoms with Crippen LogP contribution in [0.5, 0.6) is 0 Å². The average Bonchev–Trinajstić information content (AvgIpc) is 2.55. The molecule has 1 aromatic rings. The number of aryl methyl sites for hydroxylation is 1. The van der Waals surface area contributed by atoms with E-state index >= 15 is 0 Å². The molecule has 0 radical (unpaired) electrons. The monoisotopic (exact) mass is 217 g/mol. The molecule has 16 heavy (non-hydrogen) atoms. The fraction of sp³-hybridized carbons (Fsp3) is 0.500. The van der Waals surface area contributed by atoms with Crippen molar-refractivity contribution >= 4 is 11.6 Å². The average molecular weight is 217 g/mol. The van der Waals surface area contributed by atoms with E-state index in [0.717, 1.165) is 11.3 Å². The zero-order valence-corrected chi connectivity index (χ0v) is 10.4. The summed E-state index contributed by atoms with van der Waals surface area (Å²) in [5.74, 6) is 1.07. The topological polar surface area (TPSA) is 29.1 Å². The first-order chi connectivity index (χ1) is 7.52. The van der Waals surface area contributed by atoms with Gasteiger partial charge in [-0.2, -0.15) is 0 Å². The van der Waals surface area contributed by atoms with Gasteiger partial charge in [0.05, 0.1) is 5.92 Å². The Morgan fingerprint density at radius 3 is 2.56 bits per heavy atom. The highest BCUT2D eigenvalue weighted by atomic mass is 16.2. The Balaban J connectivity index is 2.44. The van der Waals surface area contributed by atoms with Crippen LogP contribution in [0.4, 0.5) is 5.69 Å². The van der Waals surface area contributed by atoms with Crippen LogP contribution in [0.1, 0.15) is 37.8 Å². The van der Waals surface area contributed by atoms with Gasteiger partial charge in [0.1, 0.15) is 0 Å². The number of carbonyl (C=O) groups excluding carboxylic acids is 1. The third-order valence-corrected chi connectivity index (χ3v) is 3.75. The third kappa shape index (κ3) is 1.62. The fourth-order valence-electron chi connectivity index (χ4n) is 2.37. The second kappa shape index (κ2) is 3.93. The van der Waals surface area contributed by atoms with E-state index in [1.165, 1.54) is 5.56 Å². The molecule has 2 atom stereocenters. The second-order valence-corrected chi connectivity index (χ2v) is 5.11. The van der Waals surface area contributed by atoms with E-state index < -0.39 is 0 Å². The molecule has 2 unspecified atom stereocenters. The van der Waals surface area contributed by atoms with Crippen LogP contribution in [0.2, 0.25) is 0 Å². The zero-order valence-electron chi connectivity index (χ0n) is 10.4. The van der Waals surface area contributed by atoms with Gasteiger partial charge in [0.15, 0.2) is 0 Å². The van der Waals surface area contributed by atoms with Gasteiger partial charge in [-0.1, -0.05) is 39.0 Å². The Morgan fingerprint density at radius 1 is 1.25 bits per heavy atom. The summed E-state index contributed by atoms with van der Waals surface area (Å²) >= 11 is 0. The van der Waals surface area contributed by atoms with E-state index in [1.54, 1.807) is 0 Å². The normalized spacial score (nSPS) is 20.8. The van der Waals surface area contributed by atoms with E-state index in [0.29, 0.717) is 11.8 Å². The van der Waals surface area contributed by atoms with Crippen molar-refractivity contribution in [2.24, 2.45) is 11.8 Å². The van der Waals surface area contributed by atoms with Gasteiger partial charge < -0.3 is 5.32 Å². The van der Waals surface area contributed by atoms with Crippen LogP contribution < -0.4 is 5.32 Å². The Hall–Kier alpha value is -1.31. The molecule has 1 amide bonds. The number of carbonyl (C=O) groups is 1. The maximum Gasteiger partial charge on any atom is 0.232 e. The van der Waals surface area contributed by atoms with E-state index in [1.807, 2.05) is 19.1 Å². The summed E-state index contributed by atoms with van der Waals surface area (Å²) in [6, 6.07) is 6.15. The molecule has 0 saturated carbocycles. The van der Waals surface area contributed by atoms with E-state index in [4.69, 9.17) is 0 Å². The zero-order chi connectivity index (χ0) is 11.9. The molecule has 2 rings (SSSR count). The maximum atomic E-state index is 12.0. The molecule has 0 bridgehead atoms. The van der Waals surface area contributed by atoms with Crippen molar-refractivity contribution in [2.75, 3.05) is 5.32 Å². The van der Waals surface area contributed by atoms with Crippen LogP contribution in [0.15, 0.2) is 18.2 Å². The van der Waals surface area contributed by atoms with Crippen molar-refractivity contribution in [3.8, 4) is 0 Å². The molecule has 0 saturated heterocycles. The van der Waals surface area contributed by atoms with Crippen molar-refractivity contribution in [1.29, 1.82) is 0 Å². The number of hydrogen-bond donors (Lipinski definition) is 1. The van der Waals surface area contributed by atoms with Crippen molar-refractivity contribution in [2.45, 2.75) is 33.6 Å². The van der Waals surface area contributed by atoms with Crippen LogP contribution in [0, 0.1) is 18.8 Å². The summed E-state index contributed by atoms with van der Waals surface area (Å²) in [6.45, 7) is 8.55. The van der Waals surface area contributed by atoms with E-state index in [-0.39, 0.29) is 11.8 Å². The molecule has 0 spiro atoms. The first kappa shape index (κ1) is 11.2. The lowest BCUT2D eigenvalue weighted by Crippen LogP contribution is -2.22. The lowest BCUT2D eigenvalue weighted by Gasteiger charge is -2.21. The van der Waals surface area contributed by atoms with Gasteiger partial charge in [0, 0.05) is 5.69 Å². The number of fused-ring (bicyclic) bond motifs is 1. The molecule has 1 aliphatic rings. The number of para-hydroxylation sites is 1. The summed E-state index contributed by atoms with van der Waals surface area (Å²) in [7, 11) is 0. The van der Waals surface area contributed by atoms with Crippen LogP contribution in [0.25, 0.3) is 0 Å². The number of rotatable bonds is 2. The second-order valence-electron chi connectivity index (χ2n) is 5.11.